The quantitative estimate of drug-likeness (QED) is 0.752. The van der Waals surface area contributed by atoms with E-state index in [1.807, 2.05) is 35.7 Å². The number of hydrogen-bond acceptors (Lipinski definition) is 4. The van der Waals surface area contributed by atoms with Crippen LogP contribution in [0.5, 0.6) is 0 Å². The standard InChI is InChI=1S/C18H16N2OS2/c21-17(15-10-5-11-22-15)19-13-8-4-9-14-16(13)23-18(20-14)12-6-2-1-3-7-12/h1-3,5-7,10-11,13H,4,8-9H2,(H,19,21). The van der Waals surface area contributed by atoms with Gasteiger partial charge in [0.1, 0.15) is 5.01 Å². The second kappa shape index (κ2) is 6.26. The fourth-order valence-electron chi connectivity index (χ4n) is 2.90. The van der Waals surface area contributed by atoms with Gasteiger partial charge >= 0.3 is 0 Å². The molecular formula is C18H16N2OS2. The van der Waals surface area contributed by atoms with Crippen molar-refractivity contribution < 1.29 is 4.79 Å². The highest BCUT2D eigenvalue weighted by Crippen LogP contribution is 2.38. The van der Waals surface area contributed by atoms with E-state index >= 15 is 0 Å². The molecule has 0 bridgehead atoms. The van der Waals surface area contributed by atoms with Crippen LogP contribution in [0.25, 0.3) is 10.6 Å². The van der Waals surface area contributed by atoms with Crippen molar-refractivity contribution in [2.45, 2.75) is 25.3 Å². The Hall–Kier alpha value is -1.98. The van der Waals surface area contributed by atoms with Crippen LogP contribution < -0.4 is 5.32 Å². The van der Waals surface area contributed by atoms with Crippen LogP contribution in [0.4, 0.5) is 0 Å². The number of nitrogens with one attached hydrogen (secondary N) is 1. The summed E-state index contributed by atoms with van der Waals surface area (Å²) in [5, 5.41) is 6.17. The summed E-state index contributed by atoms with van der Waals surface area (Å²) in [6.07, 6.45) is 3.06. The average Bonchev–Trinajstić information content (AvgIpc) is 3.26. The number of aromatic nitrogens is 1. The fourth-order valence-corrected chi connectivity index (χ4v) is 4.73. The molecule has 23 heavy (non-hydrogen) atoms. The minimum atomic E-state index is 0.0208. The molecule has 0 saturated heterocycles. The molecular weight excluding hydrogens is 324 g/mol. The van der Waals surface area contributed by atoms with Gasteiger partial charge in [0.15, 0.2) is 0 Å². The average molecular weight is 340 g/mol. The first-order valence-corrected chi connectivity index (χ1v) is 9.40. The summed E-state index contributed by atoms with van der Waals surface area (Å²) in [7, 11) is 0. The Kier molecular flexibility index (Phi) is 3.97. The number of benzene rings is 1. The molecule has 3 nitrogen and oxygen atoms in total. The highest BCUT2D eigenvalue weighted by molar-refractivity contribution is 7.15. The van der Waals surface area contributed by atoms with Crippen LogP contribution in [-0.4, -0.2) is 10.9 Å². The Morgan fingerprint density at radius 3 is 2.83 bits per heavy atom. The molecule has 4 rings (SSSR count). The number of nitrogens with zero attached hydrogens (tertiary/aromatic N) is 1. The number of hydrogen-bond donors (Lipinski definition) is 1. The molecule has 1 unspecified atom stereocenters. The van der Waals surface area contributed by atoms with E-state index in [-0.39, 0.29) is 11.9 Å². The molecule has 5 heteroatoms. The van der Waals surface area contributed by atoms with E-state index in [1.54, 1.807) is 11.3 Å². The van der Waals surface area contributed by atoms with E-state index in [4.69, 9.17) is 4.98 Å². The molecule has 1 aliphatic carbocycles. The number of fused-ring (bicyclic) bond motifs is 1. The third-order valence-corrected chi connectivity index (χ3v) is 6.15. The van der Waals surface area contributed by atoms with E-state index in [0.29, 0.717) is 0 Å². The summed E-state index contributed by atoms with van der Waals surface area (Å²) in [6, 6.07) is 14.1. The van der Waals surface area contributed by atoms with E-state index < -0.39 is 0 Å². The van der Waals surface area contributed by atoms with Crippen molar-refractivity contribution >= 4 is 28.6 Å². The largest absolute Gasteiger partial charge is 0.344 e. The van der Waals surface area contributed by atoms with Crippen LogP contribution in [-0.2, 0) is 6.42 Å². The van der Waals surface area contributed by atoms with Crippen molar-refractivity contribution in [3.63, 3.8) is 0 Å². The summed E-state index contributed by atoms with van der Waals surface area (Å²) >= 11 is 3.19. The topological polar surface area (TPSA) is 42.0 Å². The van der Waals surface area contributed by atoms with E-state index in [1.165, 1.54) is 16.2 Å². The zero-order valence-electron chi connectivity index (χ0n) is 12.5. The zero-order chi connectivity index (χ0) is 15.6. The Bertz CT molecular complexity index is 809. The Labute approximate surface area is 143 Å². The molecule has 3 aromatic rings. The molecule has 2 heterocycles. The van der Waals surface area contributed by atoms with Gasteiger partial charge in [0.05, 0.1) is 21.5 Å². The Morgan fingerprint density at radius 2 is 2.04 bits per heavy atom. The number of thiophene rings is 1. The van der Waals surface area contributed by atoms with Crippen molar-refractivity contribution in [3.8, 4) is 10.6 Å². The van der Waals surface area contributed by atoms with Gasteiger partial charge in [0, 0.05) is 5.56 Å². The minimum absolute atomic E-state index is 0.0208. The van der Waals surface area contributed by atoms with Gasteiger partial charge in [-0.1, -0.05) is 36.4 Å². The molecule has 1 N–H and O–H groups in total. The van der Waals surface area contributed by atoms with Crippen molar-refractivity contribution in [1.29, 1.82) is 0 Å². The monoisotopic (exact) mass is 340 g/mol. The number of carbonyl (C=O) groups excluding carboxylic acids is 1. The number of carbonyl (C=O) groups is 1. The number of thiazole rings is 1. The predicted octanol–water partition coefficient (Wildman–Crippen LogP) is 4.68. The highest BCUT2D eigenvalue weighted by atomic mass is 32.1. The molecule has 1 aliphatic rings. The van der Waals surface area contributed by atoms with Crippen LogP contribution in [0, 0.1) is 0 Å². The fraction of sp³-hybridized carbons (Fsp3) is 0.222. The maximum Gasteiger partial charge on any atom is 0.261 e. The van der Waals surface area contributed by atoms with Gasteiger partial charge in [0.2, 0.25) is 0 Å². The Morgan fingerprint density at radius 1 is 1.17 bits per heavy atom. The van der Waals surface area contributed by atoms with Crippen molar-refractivity contribution in [2.75, 3.05) is 0 Å². The van der Waals surface area contributed by atoms with Crippen molar-refractivity contribution in [3.05, 3.63) is 63.3 Å². The lowest BCUT2D eigenvalue weighted by Gasteiger charge is -2.22. The molecule has 1 atom stereocenters. The molecule has 0 radical (unpaired) electrons. The van der Waals surface area contributed by atoms with Crippen LogP contribution >= 0.6 is 22.7 Å². The molecule has 0 fully saturated rings. The summed E-state index contributed by atoms with van der Waals surface area (Å²) in [6.45, 7) is 0. The van der Waals surface area contributed by atoms with Crippen LogP contribution in [0.15, 0.2) is 47.8 Å². The normalized spacial score (nSPS) is 16.8. The first-order chi connectivity index (χ1) is 11.3. The highest BCUT2D eigenvalue weighted by Gasteiger charge is 2.26. The second-order valence-electron chi connectivity index (χ2n) is 5.59. The first-order valence-electron chi connectivity index (χ1n) is 7.70. The van der Waals surface area contributed by atoms with Gasteiger partial charge in [-0.05, 0) is 30.7 Å². The molecule has 0 spiro atoms. The van der Waals surface area contributed by atoms with Gasteiger partial charge in [-0.25, -0.2) is 4.98 Å². The van der Waals surface area contributed by atoms with Crippen molar-refractivity contribution in [2.24, 2.45) is 0 Å². The lowest BCUT2D eigenvalue weighted by molar-refractivity contribution is 0.0937. The molecule has 116 valence electrons. The predicted molar refractivity (Wildman–Crippen MR) is 95.0 cm³/mol. The third-order valence-electron chi connectivity index (χ3n) is 4.02. The first kappa shape index (κ1) is 14.6. The Balaban J connectivity index is 1.61. The van der Waals surface area contributed by atoms with Crippen LogP contribution in [0.2, 0.25) is 0 Å². The van der Waals surface area contributed by atoms with E-state index in [9.17, 15) is 4.79 Å². The van der Waals surface area contributed by atoms with Crippen LogP contribution in [0.1, 0.15) is 39.1 Å². The summed E-state index contributed by atoms with van der Waals surface area (Å²) in [4.78, 5) is 19.1. The summed E-state index contributed by atoms with van der Waals surface area (Å²) in [5.41, 5.74) is 2.30. The second-order valence-corrected chi connectivity index (χ2v) is 7.57. The van der Waals surface area contributed by atoms with Gasteiger partial charge in [-0.2, -0.15) is 0 Å². The maximum atomic E-state index is 12.3. The molecule has 1 amide bonds. The lowest BCUT2D eigenvalue weighted by Crippen LogP contribution is -2.29. The molecule has 2 aromatic heterocycles. The summed E-state index contributed by atoms with van der Waals surface area (Å²) < 4.78 is 0. The zero-order valence-corrected chi connectivity index (χ0v) is 14.1. The SMILES string of the molecule is O=C(NC1CCCc2nc(-c3ccccc3)sc21)c1cccs1. The smallest absolute Gasteiger partial charge is 0.261 e. The van der Waals surface area contributed by atoms with E-state index in [0.717, 1.165) is 40.4 Å². The van der Waals surface area contributed by atoms with Gasteiger partial charge < -0.3 is 5.32 Å². The molecule has 0 aliphatic heterocycles. The van der Waals surface area contributed by atoms with Crippen LogP contribution in [0.3, 0.4) is 0 Å². The number of amides is 1. The molecule has 1 aromatic carbocycles. The minimum Gasteiger partial charge on any atom is -0.344 e. The van der Waals surface area contributed by atoms with E-state index in [2.05, 4.69) is 17.4 Å². The van der Waals surface area contributed by atoms with Gasteiger partial charge in [-0.3, -0.25) is 4.79 Å². The maximum absolute atomic E-state index is 12.3. The number of rotatable bonds is 3. The summed E-state index contributed by atoms with van der Waals surface area (Å²) in [5.74, 6) is 0.0208. The number of aryl methyl sites for hydroxylation is 1. The van der Waals surface area contributed by atoms with Gasteiger partial charge in [0.25, 0.3) is 5.91 Å². The lowest BCUT2D eigenvalue weighted by atomic mass is 9.98. The van der Waals surface area contributed by atoms with Crippen molar-refractivity contribution in [1.82, 2.24) is 10.3 Å². The van der Waals surface area contributed by atoms with Gasteiger partial charge in [-0.15, -0.1) is 22.7 Å². The molecule has 0 saturated carbocycles. The third kappa shape index (κ3) is 2.94.